The molecule has 1 atom stereocenters. The zero-order valence-corrected chi connectivity index (χ0v) is 10.8. The van der Waals surface area contributed by atoms with Gasteiger partial charge in [0.2, 0.25) is 0 Å². The van der Waals surface area contributed by atoms with Crippen molar-refractivity contribution in [2.24, 2.45) is 0 Å². The molecule has 0 spiro atoms. The molecule has 0 bridgehead atoms. The number of hydrogen-bond acceptors (Lipinski definition) is 2. The number of carbonyl (C=O) groups excluding carboxylic acids is 1. The van der Waals surface area contributed by atoms with Crippen LogP contribution in [0.3, 0.4) is 0 Å². The lowest BCUT2D eigenvalue weighted by atomic mass is 10.2. The fourth-order valence-electron chi connectivity index (χ4n) is 0.933. The molecule has 0 heterocycles. The molecule has 0 radical (unpaired) electrons. The molecule has 16 heavy (non-hydrogen) atoms. The average Bonchev–Trinajstić information content (AvgIpc) is 1.95. The topological polar surface area (TPSA) is 26.3 Å². The number of alkyl halides is 1. The van der Waals surface area contributed by atoms with Crippen LogP contribution < -0.4 is 0 Å². The smallest absolute Gasteiger partial charge is 0.305 e. The van der Waals surface area contributed by atoms with Crippen molar-refractivity contribution in [2.75, 3.05) is 12.4 Å². The lowest BCUT2D eigenvalue weighted by molar-refractivity contribution is -0.143. The van der Waals surface area contributed by atoms with E-state index in [0.29, 0.717) is 0 Å². The minimum atomic E-state index is -9.40. The number of hydrogen-bond donors (Lipinski definition) is 0. The summed E-state index contributed by atoms with van der Waals surface area (Å²) in [5.41, 5.74) is 0. The standard InChI is InChI=1S/C7H12BrF5O2S/c1-2-15-7(14)4-3-6(8)5-16(9,10,11,12)13/h6H,2-5H2,1H3. The molecule has 0 aromatic carbocycles. The van der Waals surface area contributed by atoms with Crippen molar-refractivity contribution in [1.29, 1.82) is 0 Å². The Morgan fingerprint density at radius 1 is 1.31 bits per heavy atom. The van der Waals surface area contributed by atoms with Crippen LogP contribution in [0.5, 0.6) is 0 Å². The molecule has 0 amide bonds. The molecule has 0 aliphatic rings. The van der Waals surface area contributed by atoms with Crippen molar-refractivity contribution in [2.45, 2.75) is 24.6 Å². The summed E-state index contributed by atoms with van der Waals surface area (Å²) in [5, 5.41) is 0. The van der Waals surface area contributed by atoms with Crippen molar-refractivity contribution < 1.29 is 29.0 Å². The Bertz CT molecular complexity index is 264. The normalized spacial score (nSPS) is 18.4. The van der Waals surface area contributed by atoms with Gasteiger partial charge < -0.3 is 4.74 Å². The van der Waals surface area contributed by atoms with Gasteiger partial charge in [-0.2, -0.15) is 0 Å². The van der Waals surface area contributed by atoms with E-state index in [1.54, 1.807) is 0 Å². The van der Waals surface area contributed by atoms with Gasteiger partial charge in [0.25, 0.3) is 10.2 Å². The summed E-state index contributed by atoms with van der Waals surface area (Å²) >= 11 is 2.49. The van der Waals surface area contributed by atoms with Crippen LogP contribution in [-0.2, 0) is 9.53 Å². The van der Waals surface area contributed by atoms with Crippen LogP contribution in [0.4, 0.5) is 19.4 Å². The lowest BCUT2D eigenvalue weighted by Gasteiger charge is -2.41. The monoisotopic (exact) mass is 334 g/mol. The second kappa shape index (κ2) is 4.32. The summed E-state index contributed by atoms with van der Waals surface area (Å²) in [4.78, 5) is 9.29. The largest absolute Gasteiger partial charge is 0.466 e. The minimum Gasteiger partial charge on any atom is -0.466 e. The molecule has 100 valence electrons. The van der Waals surface area contributed by atoms with E-state index in [2.05, 4.69) is 20.7 Å². The number of ether oxygens (including phenoxy) is 1. The van der Waals surface area contributed by atoms with E-state index in [0.717, 1.165) is 0 Å². The van der Waals surface area contributed by atoms with E-state index >= 15 is 0 Å². The van der Waals surface area contributed by atoms with E-state index in [1.807, 2.05) is 0 Å². The molecule has 0 N–H and O–H groups in total. The van der Waals surface area contributed by atoms with Crippen molar-refractivity contribution >= 4 is 32.1 Å². The van der Waals surface area contributed by atoms with Gasteiger partial charge in [0, 0.05) is 11.2 Å². The maximum atomic E-state index is 12.0. The van der Waals surface area contributed by atoms with Crippen molar-refractivity contribution in [3.8, 4) is 0 Å². The second-order valence-electron chi connectivity index (χ2n) is 3.24. The van der Waals surface area contributed by atoms with Crippen molar-refractivity contribution in [3.05, 3.63) is 0 Å². The third-order valence-electron chi connectivity index (χ3n) is 1.46. The summed E-state index contributed by atoms with van der Waals surface area (Å²) in [5.74, 6) is -2.91. The Labute approximate surface area is 98.4 Å². The zero-order valence-electron chi connectivity index (χ0n) is 8.40. The van der Waals surface area contributed by atoms with Gasteiger partial charge >= 0.3 is 5.97 Å². The van der Waals surface area contributed by atoms with Gasteiger partial charge in [-0.15, -0.1) is 0 Å². The molecule has 0 aliphatic heterocycles. The predicted molar refractivity (Wildman–Crippen MR) is 56.6 cm³/mol. The van der Waals surface area contributed by atoms with Gasteiger partial charge in [-0.25, -0.2) is 0 Å². The van der Waals surface area contributed by atoms with E-state index in [1.165, 1.54) is 6.92 Å². The van der Waals surface area contributed by atoms with Crippen molar-refractivity contribution in [1.82, 2.24) is 0 Å². The summed E-state index contributed by atoms with van der Waals surface area (Å²) in [7, 11) is -9.40. The summed E-state index contributed by atoms with van der Waals surface area (Å²) < 4.78 is 64.4. The van der Waals surface area contributed by atoms with E-state index in [-0.39, 0.29) is 19.4 Å². The molecule has 2 nitrogen and oxygen atoms in total. The highest BCUT2D eigenvalue weighted by atomic mass is 79.9. The van der Waals surface area contributed by atoms with E-state index in [9.17, 15) is 24.2 Å². The highest BCUT2D eigenvalue weighted by Crippen LogP contribution is 2.98. The molecule has 0 fully saturated rings. The maximum Gasteiger partial charge on any atom is 0.305 e. The van der Waals surface area contributed by atoms with Crippen LogP contribution in [0.1, 0.15) is 19.8 Å². The van der Waals surface area contributed by atoms with Gasteiger partial charge in [-0.1, -0.05) is 35.4 Å². The summed E-state index contributed by atoms with van der Waals surface area (Å²) in [6.45, 7) is 1.64. The molecule has 9 heteroatoms. The number of carbonyl (C=O) groups is 1. The lowest BCUT2D eigenvalue weighted by Crippen LogP contribution is -2.20. The van der Waals surface area contributed by atoms with Gasteiger partial charge in [0.1, 0.15) is 0 Å². The first-order valence-corrected chi connectivity index (χ1v) is 7.39. The summed E-state index contributed by atoms with van der Waals surface area (Å²) in [6.07, 6.45) is -0.665. The average molecular weight is 335 g/mol. The molecule has 0 aliphatic carbocycles. The quantitative estimate of drug-likeness (QED) is 0.409. The molecule has 0 saturated heterocycles. The van der Waals surface area contributed by atoms with Crippen LogP contribution in [-0.4, -0.2) is 23.2 Å². The van der Waals surface area contributed by atoms with Crippen molar-refractivity contribution in [3.63, 3.8) is 0 Å². The van der Waals surface area contributed by atoms with Crippen LogP contribution in [0, 0.1) is 0 Å². The first kappa shape index (κ1) is 16.0. The van der Waals surface area contributed by atoms with Crippen LogP contribution in [0.2, 0.25) is 0 Å². The van der Waals surface area contributed by atoms with Crippen LogP contribution in [0.25, 0.3) is 0 Å². The van der Waals surface area contributed by atoms with Gasteiger partial charge in [-0.05, 0) is 13.3 Å². The zero-order chi connectivity index (χ0) is 13.1. The molecule has 0 aromatic heterocycles. The second-order valence-corrected chi connectivity index (χ2v) is 7.12. The van der Waals surface area contributed by atoms with Crippen LogP contribution in [0.15, 0.2) is 0 Å². The van der Waals surface area contributed by atoms with E-state index in [4.69, 9.17) is 0 Å². The highest BCUT2D eigenvalue weighted by Gasteiger charge is 2.63. The SMILES string of the molecule is CCOC(=O)CCC(Br)CS(F)(F)(F)(F)F. The molecule has 1 unspecified atom stereocenters. The minimum absolute atomic E-state index is 0.105. The Kier molecular flexibility index (Phi) is 4.31. The van der Waals surface area contributed by atoms with Crippen LogP contribution >= 0.6 is 26.2 Å². The van der Waals surface area contributed by atoms with E-state index < -0.39 is 26.8 Å². The third kappa shape index (κ3) is 10.5. The first-order valence-electron chi connectivity index (χ1n) is 4.35. The number of halogens is 6. The fraction of sp³-hybridized carbons (Fsp3) is 0.857. The molecular formula is C7H12BrF5O2S. The number of rotatable bonds is 6. The number of esters is 1. The highest BCUT2D eigenvalue weighted by molar-refractivity contribution is 9.09. The molecule has 0 saturated carbocycles. The molecule has 0 rings (SSSR count). The Morgan fingerprint density at radius 3 is 2.19 bits per heavy atom. The van der Waals surface area contributed by atoms with Gasteiger partial charge in [-0.3, -0.25) is 4.79 Å². The third-order valence-corrected chi connectivity index (χ3v) is 3.71. The maximum absolute atomic E-state index is 12.0. The Hall–Kier alpha value is -0.0500. The van der Waals surface area contributed by atoms with Gasteiger partial charge in [0.05, 0.1) is 12.4 Å². The fourth-order valence-corrected chi connectivity index (χ4v) is 3.51. The van der Waals surface area contributed by atoms with Gasteiger partial charge in [0.15, 0.2) is 0 Å². The Morgan fingerprint density at radius 2 is 1.81 bits per heavy atom. The predicted octanol–water partition coefficient (Wildman–Crippen LogP) is 4.39. The molecular weight excluding hydrogens is 323 g/mol. The Balaban J connectivity index is 4.12. The molecule has 0 aromatic rings. The first-order chi connectivity index (χ1) is 6.82. The summed E-state index contributed by atoms with van der Waals surface area (Å²) in [6, 6.07) is 0.